The maximum atomic E-state index is 5.09. The van der Waals surface area contributed by atoms with E-state index in [-0.39, 0.29) is 0 Å². The van der Waals surface area contributed by atoms with Gasteiger partial charge >= 0.3 is 0 Å². The minimum atomic E-state index is 0.608. The number of nitrogens with zero attached hydrogens (tertiary/aromatic N) is 3. The van der Waals surface area contributed by atoms with Crippen LogP contribution >= 0.6 is 0 Å². The highest BCUT2D eigenvalue weighted by atomic mass is 16.5. The van der Waals surface area contributed by atoms with Gasteiger partial charge in [0.2, 0.25) is 5.95 Å². The second-order valence-electron chi connectivity index (χ2n) is 5.82. The highest BCUT2D eigenvalue weighted by Crippen LogP contribution is 2.21. The van der Waals surface area contributed by atoms with E-state index in [9.17, 15) is 0 Å². The fourth-order valence-corrected chi connectivity index (χ4v) is 2.49. The monoisotopic (exact) mass is 349 g/mol. The first kappa shape index (κ1) is 17.8. The summed E-state index contributed by atoms with van der Waals surface area (Å²) in [5, 5.41) is 6.63. The predicted octanol–water partition coefficient (Wildman–Crippen LogP) is 3.60. The Morgan fingerprint density at radius 1 is 1.00 bits per heavy atom. The van der Waals surface area contributed by atoms with Crippen LogP contribution in [0.15, 0.2) is 60.9 Å². The summed E-state index contributed by atoms with van der Waals surface area (Å²) in [6.07, 6.45) is 4.51. The number of hydrogen-bond donors (Lipinski definition) is 2. The smallest absolute Gasteiger partial charge is 0.225 e. The maximum Gasteiger partial charge on any atom is 0.225 e. The lowest BCUT2D eigenvalue weighted by atomic mass is 10.1. The van der Waals surface area contributed by atoms with Crippen molar-refractivity contribution in [1.29, 1.82) is 0 Å². The van der Waals surface area contributed by atoms with Crippen LogP contribution in [-0.4, -0.2) is 35.2 Å². The van der Waals surface area contributed by atoms with Crippen molar-refractivity contribution in [3.8, 4) is 11.3 Å². The molecule has 134 valence electrons. The zero-order valence-electron chi connectivity index (χ0n) is 14.9. The first-order chi connectivity index (χ1) is 12.8. The molecule has 0 amide bonds. The molecule has 0 aliphatic carbocycles. The summed E-state index contributed by atoms with van der Waals surface area (Å²) in [5.41, 5.74) is 3.03. The van der Waals surface area contributed by atoms with E-state index in [1.165, 1.54) is 0 Å². The van der Waals surface area contributed by atoms with Gasteiger partial charge in [-0.3, -0.25) is 4.98 Å². The molecule has 0 atom stereocenters. The van der Waals surface area contributed by atoms with E-state index in [4.69, 9.17) is 4.74 Å². The number of aromatic nitrogens is 3. The highest BCUT2D eigenvalue weighted by Gasteiger charge is 2.07. The van der Waals surface area contributed by atoms with E-state index in [2.05, 4.69) is 25.6 Å². The molecular weight excluding hydrogens is 326 g/mol. The highest BCUT2D eigenvalue weighted by molar-refractivity contribution is 5.64. The Kier molecular flexibility index (Phi) is 6.50. The topological polar surface area (TPSA) is 72.0 Å². The first-order valence-corrected chi connectivity index (χ1v) is 8.65. The first-order valence-electron chi connectivity index (χ1n) is 8.65. The third-order valence-electron chi connectivity index (χ3n) is 3.80. The SMILES string of the molecule is COCCCNc1nc(NCc2cccnc2)cc(-c2ccccc2)n1. The molecule has 6 heteroatoms. The van der Waals surface area contributed by atoms with E-state index in [1.807, 2.05) is 54.7 Å². The van der Waals surface area contributed by atoms with E-state index in [1.54, 1.807) is 13.3 Å². The molecule has 3 rings (SSSR count). The largest absolute Gasteiger partial charge is 0.385 e. The van der Waals surface area contributed by atoms with Crippen LogP contribution in [0.5, 0.6) is 0 Å². The van der Waals surface area contributed by atoms with Crippen LogP contribution in [0.4, 0.5) is 11.8 Å². The van der Waals surface area contributed by atoms with Crippen molar-refractivity contribution in [2.45, 2.75) is 13.0 Å². The molecule has 0 unspecified atom stereocenters. The molecule has 0 saturated heterocycles. The molecule has 0 aliphatic heterocycles. The Bertz CT molecular complexity index is 796. The fraction of sp³-hybridized carbons (Fsp3) is 0.250. The van der Waals surface area contributed by atoms with Crippen LogP contribution in [-0.2, 0) is 11.3 Å². The molecule has 2 N–H and O–H groups in total. The average molecular weight is 349 g/mol. The van der Waals surface area contributed by atoms with Gasteiger partial charge in [0.25, 0.3) is 0 Å². The summed E-state index contributed by atoms with van der Waals surface area (Å²) in [6.45, 7) is 2.12. The summed E-state index contributed by atoms with van der Waals surface area (Å²) < 4.78 is 5.09. The molecule has 2 heterocycles. The molecule has 0 radical (unpaired) electrons. The van der Waals surface area contributed by atoms with Crippen LogP contribution in [0.2, 0.25) is 0 Å². The molecule has 0 saturated carbocycles. The molecule has 2 aromatic heterocycles. The van der Waals surface area contributed by atoms with Crippen molar-refractivity contribution < 1.29 is 4.74 Å². The third-order valence-corrected chi connectivity index (χ3v) is 3.80. The van der Waals surface area contributed by atoms with Gasteiger partial charge in [0.1, 0.15) is 5.82 Å². The molecule has 6 nitrogen and oxygen atoms in total. The van der Waals surface area contributed by atoms with Gasteiger partial charge in [-0.1, -0.05) is 36.4 Å². The maximum absolute atomic E-state index is 5.09. The van der Waals surface area contributed by atoms with Gasteiger partial charge < -0.3 is 15.4 Å². The van der Waals surface area contributed by atoms with Crippen molar-refractivity contribution >= 4 is 11.8 Å². The molecule has 0 fully saturated rings. The van der Waals surface area contributed by atoms with Crippen LogP contribution in [0, 0.1) is 0 Å². The molecule has 0 bridgehead atoms. The Morgan fingerprint density at radius 2 is 1.88 bits per heavy atom. The third kappa shape index (κ3) is 5.26. The summed E-state index contributed by atoms with van der Waals surface area (Å²) in [5.74, 6) is 1.38. The quantitative estimate of drug-likeness (QED) is 0.575. The van der Waals surface area contributed by atoms with Crippen molar-refractivity contribution in [2.24, 2.45) is 0 Å². The van der Waals surface area contributed by atoms with E-state index >= 15 is 0 Å². The van der Waals surface area contributed by atoms with Crippen molar-refractivity contribution in [3.05, 3.63) is 66.5 Å². The molecule has 0 spiro atoms. The summed E-state index contributed by atoms with van der Waals surface area (Å²) in [6, 6.07) is 16.0. The Labute approximate surface area is 153 Å². The van der Waals surface area contributed by atoms with E-state index < -0.39 is 0 Å². The second kappa shape index (κ2) is 9.48. The van der Waals surface area contributed by atoms with Crippen LogP contribution < -0.4 is 10.6 Å². The molecule has 26 heavy (non-hydrogen) atoms. The number of rotatable bonds is 9. The summed E-state index contributed by atoms with van der Waals surface area (Å²) in [7, 11) is 1.70. The standard InChI is InChI=1S/C20H23N5O/c1-26-12-6-11-22-20-24-18(17-8-3-2-4-9-17)13-19(25-20)23-15-16-7-5-10-21-14-16/h2-5,7-10,13-14H,6,11-12,15H2,1H3,(H2,22,23,24,25). The average Bonchev–Trinajstić information content (AvgIpc) is 2.71. The van der Waals surface area contributed by atoms with Gasteiger partial charge in [-0.05, 0) is 18.1 Å². The van der Waals surface area contributed by atoms with Crippen LogP contribution in [0.1, 0.15) is 12.0 Å². The van der Waals surface area contributed by atoms with Gasteiger partial charge in [-0.25, -0.2) is 4.98 Å². The molecule has 3 aromatic rings. The predicted molar refractivity (Wildman–Crippen MR) is 104 cm³/mol. The number of pyridine rings is 1. The zero-order chi connectivity index (χ0) is 18.0. The van der Waals surface area contributed by atoms with Gasteiger partial charge in [-0.2, -0.15) is 4.98 Å². The minimum Gasteiger partial charge on any atom is -0.385 e. The second-order valence-corrected chi connectivity index (χ2v) is 5.82. The molecular formula is C20H23N5O. The number of hydrogen-bond acceptors (Lipinski definition) is 6. The van der Waals surface area contributed by atoms with Gasteiger partial charge in [0.05, 0.1) is 5.69 Å². The normalized spacial score (nSPS) is 10.5. The van der Waals surface area contributed by atoms with Crippen molar-refractivity contribution in [3.63, 3.8) is 0 Å². The van der Waals surface area contributed by atoms with Crippen LogP contribution in [0.3, 0.4) is 0 Å². The number of anilines is 2. The lowest BCUT2D eigenvalue weighted by Gasteiger charge is -2.11. The van der Waals surface area contributed by atoms with Gasteiger partial charge in [0, 0.05) is 50.8 Å². The number of ether oxygens (including phenoxy) is 1. The van der Waals surface area contributed by atoms with Crippen molar-refractivity contribution in [2.75, 3.05) is 30.9 Å². The van der Waals surface area contributed by atoms with Crippen LogP contribution in [0.25, 0.3) is 11.3 Å². The summed E-state index contributed by atoms with van der Waals surface area (Å²) in [4.78, 5) is 13.4. The lowest BCUT2D eigenvalue weighted by Crippen LogP contribution is -2.10. The van der Waals surface area contributed by atoms with E-state index in [0.717, 1.165) is 35.6 Å². The molecule has 0 aliphatic rings. The zero-order valence-corrected chi connectivity index (χ0v) is 14.9. The number of benzene rings is 1. The Hall–Kier alpha value is -2.99. The Morgan fingerprint density at radius 3 is 2.65 bits per heavy atom. The molecule has 1 aromatic carbocycles. The number of nitrogens with one attached hydrogen (secondary N) is 2. The van der Waals surface area contributed by atoms with E-state index in [0.29, 0.717) is 19.1 Å². The van der Waals surface area contributed by atoms with Gasteiger partial charge in [0.15, 0.2) is 0 Å². The number of methoxy groups -OCH3 is 1. The minimum absolute atomic E-state index is 0.608. The lowest BCUT2D eigenvalue weighted by molar-refractivity contribution is 0.197. The Balaban J connectivity index is 1.77. The van der Waals surface area contributed by atoms with Crippen molar-refractivity contribution in [1.82, 2.24) is 15.0 Å². The van der Waals surface area contributed by atoms with Gasteiger partial charge in [-0.15, -0.1) is 0 Å². The fourth-order valence-electron chi connectivity index (χ4n) is 2.49. The summed E-state index contributed by atoms with van der Waals surface area (Å²) >= 11 is 0.